The monoisotopic (exact) mass is 301 g/mol. The molecule has 1 rings (SSSR count). The molecule has 2 unspecified atom stereocenters. The van der Waals surface area contributed by atoms with Gasteiger partial charge >= 0.3 is 0 Å². The van der Waals surface area contributed by atoms with E-state index in [4.69, 9.17) is 0 Å². The number of rotatable bonds is 7. The molecule has 0 saturated carbocycles. The Balaban J connectivity index is 2.60. The zero-order valence-corrected chi connectivity index (χ0v) is 13.6. The minimum absolute atomic E-state index is 0.0415. The molecule has 0 aliphatic carbocycles. The van der Waals surface area contributed by atoms with E-state index in [-0.39, 0.29) is 23.6 Å². The zero-order chi connectivity index (χ0) is 14.5. The normalized spacial score (nSPS) is 15.2. The van der Waals surface area contributed by atoms with Gasteiger partial charge in [0.25, 0.3) is 0 Å². The van der Waals surface area contributed by atoms with E-state index in [0.29, 0.717) is 0 Å². The average Bonchev–Trinajstić information content (AvgIpc) is 2.38. The fourth-order valence-electron chi connectivity index (χ4n) is 1.96. The lowest BCUT2D eigenvalue weighted by Crippen LogP contribution is -2.35. The lowest BCUT2D eigenvalue weighted by atomic mass is 10.1. The fourth-order valence-corrected chi connectivity index (χ4v) is 3.46. The van der Waals surface area contributed by atoms with Crippen LogP contribution in [-0.4, -0.2) is 32.2 Å². The molecule has 1 aromatic rings. The Bertz CT molecular complexity index is 483. The van der Waals surface area contributed by atoms with Crippen LogP contribution in [-0.2, 0) is 9.84 Å². The Hall–Kier alpha value is -0.520. The van der Waals surface area contributed by atoms with E-state index in [0.717, 1.165) is 0 Å². The largest absolute Gasteiger partial charge is 0.307 e. The van der Waals surface area contributed by atoms with Gasteiger partial charge in [0, 0.05) is 22.7 Å². The lowest BCUT2D eigenvalue weighted by molar-refractivity contribution is 0.499. The van der Waals surface area contributed by atoms with Crippen molar-refractivity contribution < 1.29 is 8.42 Å². The Morgan fingerprint density at radius 3 is 2.26 bits per heavy atom. The first-order valence-electron chi connectivity index (χ1n) is 6.48. The average molecular weight is 301 g/mol. The summed E-state index contributed by atoms with van der Waals surface area (Å²) in [5.41, 5.74) is 1.18. The second-order valence-electron chi connectivity index (χ2n) is 4.76. The zero-order valence-electron chi connectivity index (χ0n) is 12.0. The SMILES string of the molecule is CCS(=O)(=O)CC(C)NC(C)c1ccc(SC)cc1. The summed E-state index contributed by atoms with van der Waals surface area (Å²) in [6, 6.07) is 8.46. The van der Waals surface area contributed by atoms with Crippen LogP contribution in [0.2, 0.25) is 0 Å². The van der Waals surface area contributed by atoms with Gasteiger partial charge in [-0.3, -0.25) is 0 Å². The van der Waals surface area contributed by atoms with Crippen LogP contribution < -0.4 is 5.32 Å². The van der Waals surface area contributed by atoms with Gasteiger partial charge in [-0.2, -0.15) is 0 Å². The van der Waals surface area contributed by atoms with Crippen LogP contribution in [0.3, 0.4) is 0 Å². The van der Waals surface area contributed by atoms with E-state index in [1.807, 2.05) is 13.2 Å². The molecule has 1 aromatic carbocycles. The summed E-state index contributed by atoms with van der Waals surface area (Å²) in [4.78, 5) is 1.23. The number of thioether (sulfide) groups is 1. The summed E-state index contributed by atoms with van der Waals surface area (Å²) in [5, 5.41) is 3.34. The van der Waals surface area contributed by atoms with E-state index in [1.165, 1.54) is 10.5 Å². The minimum Gasteiger partial charge on any atom is -0.307 e. The van der Waals surface area contributed by atoms with Crippen molar-refractivity contribution >= 4 is 21.6 Å². The van der Waals surface area contributed by atoms with Gasteiger partial charge in [-0.1, -0.05) is 19.1 Å². The van der Waals surface area contributed by atoms with Gasteiger partial charge in [0.2, 0.25) is 0 Å². The predicted octanol–water partition coefficient (Wildman–Crippen LogP) is 2.88. The molecule has 0 aromatic heterocycles. The highest BCUT2D eigenvalue weighted by molar-refractivity contribution is 7.98. The van der Waals surface area contributed by atoms with Gasteiger partial charge in [0.05, 0.1) is 5.75 Å². The molecule has 0 aliphatic heterocycles. The second-order valence-corrected chi connectivity index (χ2v) is 8.04. The van der Waals surface area contributed by atoms with Crippen LogP contribution in [0, 0.1) is 0 Å². The van der Waals surface area contributed by atoms with E-state index < -0.39 is 9.84 Å². The smallest absolute Gasteiger partial charge is 0.151 e. The third-order valence-corrected chi connectivity index (χ3v) is 5.73. The third-order valence-electron chi connectivity index (χ3n) is 3.09. The summed E-state index contributed by atoms with van der Waals surface area (Å²) < 4.78 is 23.1. The van der Waals surface area contributed by atoms with E-state index in [1.54, 1.807) is 18.7 Å². The van der Waals surface area contributed by atoms with Crippen molar-refractivity contribution in [3.8, 4) is 0 Å². The molecule has 0 saturated heterocycles. The Morgan fingerprint density at radius 1 is 1.21 bits per heavy atom. The molecule has 0 radical (unpaired) electrons. The van der Waals surface area contributed by atoms with Gasteiger partial charge < -0.3 is 5.32 Å². The van der Waals surface area contributed by atoms with Gasteiger partial charge in [-0.25, -0.2) is 8.42 Å². The van der Waals surface area contributed by atoms with Gasteiger partial charge in [0.15, 0.2) is 9.84 Å². The van der Waals surface area contributed by atoms with Crippen molar-refractivity contribution in [2.45, 2.75) is 37.8 Å². The molecule has 0 fully saturated rings. The van der Waals surface area contributed by atoms with Crippen LogP contribution in [0.4, 0.5) is 0 Å². The number of nitrogens with one attached hydrogen (secondary N) is 1. The van der Waals surface area contributed by atoms with E-state index in [2.05, 4.69) is 36.5 Å². The van der Waals surface area contributed by atoms with E-state index in [9.17, 15) is 8.42 Å². The van der Waals surface area contributed by atoms with Crippen molar-refractivity contribution in [3.05, 3.63) is 29.8 Å². The predicted molar refractivity (Wildman–Crippen MR) is 83.6 cm³/mol. The Labute approximate surface area is 121 Å². The third kappa shape index (κ3) is 5.55. The molecule has 2 atom stereocenters. The first-order chi connectivity index (χ1) is 8.88. The molecule has 0 bridgehead atoms. The fraction of sp³-hybridized carbons (Fsp3) is 0.571. The van der Waals surface area contributed by atoms with E-state index >= 15 is 0 Å². The van der Waals surface area contributed by atoms with Crippen LogP contribution in [0.1, 0.15) is 32.4 Å². The first-order valence-corrected chi connectivity index (χ1v) is 9.53. The molecule has 19 heavy (non-hydrogen) atoms. The number of hydrogen-bond acceptors (Lipinski definition) is 4. The highest BCUT2D eigenvalue weighted by Crippen LogP contribution is 2.19. The topological polar surface area (TPSA) is 46.2 Å². The van der Waals surface area contributed by atoms with Crippen molar-refractivity contribution in [2.75, 3.05) is 17.8 Å². The molecule has 0 heterocycles. The maximum Gasteiger partial charge on any atom is 0.151 e. The Morgan fingerprint density at radius 2 is 1.79 bits per heavy atom. The molecule has 0 amide bonds. The van der Waals surface area contributed by atoms with Crippen LogP contribution >= 0.6 is 11.8 Å². The molecular weight excluding hydrogens is 278 g/mol. The van der Waals surface area contributed by atoms with Crippen LogP contribution in [0.15, 0.2) is 29.2 Å². The van der Waals surface area contributed by atoms with Gasteiger partial charge in [-0.05, 0) is 37.8 Å². The minimum atomic E-state index is -2.92. The Kier molecular flexibility index (Phi) is 6.36. The number of sulfone groups is 1. The second kappa shape index (κ2) is 7.31. The van der Waals surface area contributed by atoms with Crippen molar-refractivity contribution in [2.24, 2.45) is 0 Å². The molecule has 3 nitrogen and oxygen atoms in total. The van der Waals surface area contributed by atoms with Crippen molar-refractivity contribution in [1.29, 1.82) is 0 Å². The number of hydrogen-bond donors (Lipinski definition) is 1. The van der Waals surface area contributed by atoms with Crippen LogP contribution in [0.5, 0.6) is 0 Å². The summed E-state index contributed by atoms with van der Waals surface area (Å²) in [7, 11) is -2.92. The van der Waals surface area contributed by atoms with Crippen molar-refractivity contribution in [1.82, 2.24) is 5.32 Å². The summed E-state index contributed by atoms with van der Waals surface area (Å²) in [5.74, 6) is 0.395. The molecular formula is C14H23NO2S2. The lowest BCUT2D eigenvalue weighted by Gasteiger charge is -2.20. The summed E-state index contributed by atoms with van der Waals surface area (Å²) in [6.07, 6.45) is 2.05. The maximum atomic E-state index is 11.6. The van der Waals surface area contributed by atoms with Gasteiger partial charge in [0.1, 0.15) is 0 Å². The highest BCUT2D eigenvalue weighted by atomic mass is 32.2. The maximum absolute atomic E-state index is 11.6. The highest BCUT2D eigenvalue weighted by Gasteiger charge is 2.16. The molecule has 0 aliphatic rings. The first kappa shape index (κ1) is 16.5. The molecule has 5 heteroatoms. The van der Waals surface area contributed by atoms with Gasteiger partial charge in [-0.15, -0.1) is 11.8 Å². The van der Waals surface area contributed by atoms with Crippen LogP contribution in [0.25, 0.3) is 0 Å². The summed E-state index contributed by atoms with van der Waals surface area (Å²) in [6.45, 7) is 5.66. The number of benzene rings is 1. The quantitative estimate of drug-likeness (QED) is 0.787. The standard InChI is InChI=1S/C14H23NO2S2/c1-5-19(16,17)10-11(2)15-12(3)13-6-8-14(18-4)9-7-13/h6-9,11-12,15H,5,10H2,1-4H3. The molecule has 0 spiro atoms. The molecule has 1 N–H and O–H groups in total. The summed E-state index contributed by atoms with van der Waals surface area (Å²) >= 11 is 1.71. The van der Waals surface area contributed by atoms with Crippen molar-refractivity contribution in [3.63, 3.8) is 0 Å². The molecule has 108 valence electrons.